The molecule has 0 radical (unpaired) electrons. The first-order valence-electron chi connectivity index (χ1n) is 11.2. The first kappa shape index (κ1) is 23.7. The lowest BCUT2D eigenvalue weighted by molar-refractivity contribution is -0.133. The van der Waals surface area contributed by atoms with Gasteiger partial charge in [-0.1, -0.05) is 49.8 Å². The molecule has 7 nitrogen and oxygen atoms in total. The summed E-state index contributed by atoms with van der Waals surface area (Å²) in [6.45, 7) is 5.23. The summed E-state index contributed by atoms with van der Waals surface area (Å²) in [7, 11) is -3.62. The molecule has 1 saturated heterocycles. The van der Waals surface area contributed by atoms with Gasteiger partial charge in [0.05, 0.1) is 12.8 Å². The van der Waals surface area contributed by atoms with Crippen molar-refractivity contribution in [3.63, 3.8) is 0 Å². The minimum atomic E-state index is -3.62. The van der Waals surface area contributed by atoms with Gasteiger partial charge in [-0.25, -0.2) is 8.42 Å². The predicted octanol–water partition coefficient (Wildman–Crippen LogP) is 2.90. The number of carbonyl (C=O) groups excluding carboxylic acids is 2. The van der Waals surface area contributed by atoms with Gasteiger partial charge in [0, 0.05) is 18.3 Å². The Balaban J connectivity index is 1.97. The fraction of sp³-hybridized carbons (Fsp3) is 0.652. The van der Waals surface area contributed by atoms with E-state index in [-0.39, 0.29) is 30.9 Å². The van der Waals surface area contributed by atoms with Gasteiger partial charge in [0.15, 0.2) is 0 Å². The van der Waals surface area contributed by atoms with Crippen molar-refractivity contribution in [2.24, 2.45) is 0 Å². The van der Waals surface area contributed by atoms with Gasteiger partial charge in [-0.2, -0.15) is 4.31 Å². The lowest BCUT2D eigenvalue weighted by atomic mass is 9.91. The molecule has 1 heterocycles. The van der Waals surface area contributed by atoms with Crippen molar-refractivity contribution in [1.29, 1.82) is 0 Å². The summed E-state index contributed by atoms with van der Waals surface area (Å²) in [6, 6.07) is 5.78. The second kappa shape index (κ2) is 9.28. The molecule has 31 heavy (non-hydrogen) atoms. The molecule has 1 aliphatic carbocycles. The van der Waals surface area contributed by atoms with E-state index in [1.54, 1.807) is 6.92 Å². The zero-order chi connectivity index (χ0) is 22.8. The Labute approximate surface area is 186 Å². The van der Waals surface area contributed by atoms with Gasteiger partial charge in [0.2, 0.25) is 21.8 Å². The Morgan fingerprint density at radius 3 is 2.29 bits per heavy atom. The second-order valence-corrected chi connectivity index (χ2v) is 11.3. The molecule has 0 bridgehead atoms. The fourth-order valence-corrected chi connectivity index (χ4v) is 5.60. The third kappa shape index (κ3) is 5.29. The maximum absolute atomic E-state index is 13.6. The quantitative estimate of drug-likeness (QED) is 0.766. The number of amides is 2. The number of carbonyl (C=O) groups is 2. The standard InChI is InChI=1S/C23H35N3O4S/c1-17-12-13-20(18(2)14-17)26-21(27)15-25(31(4,29)30)16-23(26,3)22(28)24-19-10-8-6-5-7-9-11-19/h12-14,19H,5-11,15-16H2,1-4H3,(H,24,28). The van der Waals surface area contributed by atoms with Crippen LogP contribution in [0.15, 0.2) is 18.2 Å². The van der Waals surface area contributed by atoms with Gasteiger partial charge in [0.1, 0.15) is 5.54 Å². The molecule has 1 aromatic carbocycles. The lowest BCUT2D eigenvalue weighted by Gasteiger charge is -2.47. The van der Waals surface area contributed by atoms with Gasteiger partial charge in [0.25, 0.3) is 0 Å². The van der Waals surface area contributed by atoms with E-state index in [1.165, 1.54) is 24.2 Å². The van der Waals surface area contributed by atoms with E-state index in [1.807, 2.05) is 32.0 Å². The number of sulfonamides is 1. The number of aryl methyl sites for hydroxylation is 2. The van der Waals surface area contributed by atoms with Crippen LogP contribution in [0.2, 0.25) is 0 Å². The summed E-state index contributed by atoms with van der Waals surface area (Å²) < 4.78 is 25.7. The molecule has 0 aromatic heterocycles. The average Bonchev–Trinajstić information content (AvgIpc) is 2.64. The molecule has 1 saturated carbocycles. The Hall–Kier alpha value is -1.93. The Morgan fingerprint density at radius 1 is 1.10 bits per heavy atom. The third-order valence-corrected chi connectivity index (χ3v) is 7.73. The van der Waals surface area contributed by atoms with Crippen molar-refractivity contribution in [2.75, 3.05) is 24.2 Å². The highest BCUT2D eigenvalue weighted by molar-refractivity contribution is 7.88. The second-order valence-electron chi connectivity index (χ2n) is 9.34. The first-order valence-corrected chi connectivity index (χ1v) is 13.0. The molecule has 2 fully saturated rings. The Bertz CT molecular complexity index is 938. The van der Waals surface area contributed by atoms with Gasteiger partial charge < -0.3 is 5.32 Å². The highest BCUT2D eigenvalue weighted by atomic mass is 32.2. The van der Waals surface area contributed by atoms with E-state index in [4.69, 9.17) is 0 Å². The summed E-state index contributed by atoms with van der Waals surface area (Å²) in [5, 5.41) is 3.17. The van der Waals surface area contributed by atoms with E-state index in [9.17, 15) is 18.0 Å². The Morgan fingerprint density at radius 2 is 1.71 bits per heavy atom. The monoisotopic (exact) mass is 449 g/mol. The van der Waals surface area contributed by atoms with E-state index in [2.05, 4.69) is 5.32 Å². The molecule has 1 N–H and O–H groups in total. The molecule has 1 unspecified atom stereocenters. The zero-order valence-electron chi connectivity index (χ0n) is 19.1. The maximum atomic E-state index is 13.6. The highest BCUT2D eigenvalue weighted by Gasteiger charge is 2.50. The number of nitrogens with one attached hydrogen (secondary N) is 1. The van der Waals surface area contributed by atoms with Crippen LogP contribution in [0, 0.1) is 13.8 Å². The summed E-state index contributed by atoms with van der Waals surface area (Å²) in [5.74, 6) is -0.682. The van der Waals surface area contributed by atoms with Crippen LogP contribution in [0.5, 0.6) is 0 Å². The van der Waals surface area contributed by atoms with E-state index in [0.717, 1.165) is 47.4 Å². The van der Waals surface area contributed by atoms with Gasteiger partial charge >= 0.3 is 0 Å². The molecule has 1 atom stereocenters. The first-order chi connectivity index (χ1) is 14.5. The van der Waals surface area contributed by atoms with Crippen LogP contribution in [0.4, 0.5) is 5.69 Å². The summed E-state index contributed by atoms with van der Waals surface area (Å²) >= 11 is 0. The molecular weight excluding hydrogens is 414 g/mol. The van der Waals surface area contributed by atoms with Crippen LogP contribution < -0.4 is 10.2 Å². The number of hydrogen-bond donors (Lipinski definition) is 1. The number of benzene rings is 1. The maximum Gasteiger partial charge on any atom is 0.247 e. The minimum Gasteiger partial charge on any atom is -0.351 e. The topological polar surface area (TPSA) is 86.8 Å². The molecule has 2 amide bonds. The van der Waals surface area contributed by atoms with Crippen LogP contribution in [0.1, 0.15) is 63.0 Å². The van der Waals surface area contributed by atoms with Crippen molar-refractivity contribution < 1.29 is 18.0 Å². The molecule has 2 aliphatic rings. The van der Waals surface area contributed by atoms with Gasteiger partial charge in [-0.05, 0) is 45.2 Å². The SMILES string of the molecule is Cc1ccc(N2C(=O)CN(S(C)(=O)=O)CC2(C)C(=O)NC2CCCCCCC2)c(C)c1. The Kier molecular flexibility index (Phi) is 7.11. The normalized spacial score (nSPS) is 24.5. The molecule has 0 spiro atoms. The van der Waals surface area contributed by atoms with Crippen molar-refractivity contribution in [3.05, 3.63) is 29.3 Å². The van der Waals surface area contributed by atoms with E-state index >= 15 is 0 Å². The van der Waals surface area contributed by atoms with Crippen LogP contribution in [0.25, 0.3) is 0 Å². The van der Waals surface area contributed by atoms with Crippen LogP contribution in [-0.4, -0.2) is 55.5 Å². The third-order valence-electron chi connectivity index (χ3n) is 6.53. The molecule has 3 rings (SSSR count). The molecule has 1 aliphatic heterocycles. The fourth-order valence-electron chi connectivity index (χ4n) is 4.77. The van der Waals surface area contributed by atoms with E-state index in [0.29, 0.717) is 5.69 Å². The molecule has 1 aromatic rings. The zero-order valence-corrected chi connectivity index (χ0v) is 19.9. The highest BCUT2D eigenvalue weighted by Crippen LogP contribution is 2.33. The van der Waals surface area contributed by atoms with Gasteiger partial charge in [-0.15, -0.1) is 0 Å². The minimum absolute atomic E-state index is 0.0503. The summed E-state index contributed by atoms with van der Waals surface area (Å²) in [5.41, 5.74) is 1.26. The van der Waals surface area contributed by atoms with Crippen molar-refractivity contribution in [3.8, 4) is 0 Å². The number of nitrogens with zero attached hydrogens (tertiary/aromatic N) is 2. The summed E-state index contributed by atoms with van der Waals surface area (Å²) in [6.07, 6.45) is 8.60. The smallest absolute Gasteiger partial charge is 0.247 e. The average molecular weight is 450 g/mol. The lowest BCUT2D eigenvalue weighted by Crippen LogP contribution is -2.70. The van der Waals surface area contributed by atoms with Gasteiger partial charge in [-0.3, -0.25) is 14.5 Å². The number of anilines is 1. The van der Waals surface area contributed by atoms with Crippen LogP contribution >= 0.6 is 0 Å². The number of piperazine rings is 1. The van der Waals surface area contributed by atoms with Crippen molar-refractivity contribution in [2.45, 2.75) is 77.3 Å². The van der Waals surface area contributed by atoms with Crippen molar-refractivity contribution in [1.82, 2.24) is 9.62 Å². The predicted molar refractivity (Wildman–Crippen MR) is 122 cm³/mol. The van der Waals surface area contributed by atoms with Crippen LogP contribution in [-0.2, 0) is 19.6 Å². The van der Waals surface area contributed by atoms with E-state index < -0.39 is 15.6 Å². The molecule has 172 valence electrons. The number of hydrogen-bond acceptors (Lipinski definition) is 4. The summed E-state index contributed by atoms with van der Waals surface area (Å²) in [4.78, 5) is 28.4. The number of rotatable bonds is 4. The molecular formula is C23H35N3O4S. The molecule has 8 heteroatoms. The van der Waals surface area contributed by atoms with Crippen molar-refractivity contribution >= 4 is 27.5 Å². The largest absolute Gasteiger partial charge is 0.351 e. The van der Waals surface area contributed by atoms with Crippen LogP contribution in [0.3, 0.4) is 0 Å².